The van der Waals surface area contributed by atoms with E-state index in [0.717, 1.165) is 0 Å². The first-order valence-corrected chi connectivity index (χ1v) is 9.43. The van der Waals surface area contributed by atoms with Crippen molar-refractivity contribution in [1.82, 2.24) is 10.6 Å². The highest BCUT2D eigenvalue weighted by molar-refractivity contribution is 5.94. The minimum atomic E-state index is -0.805. The molecule has 0 aliphatic heterocycles. The van der Waals surface area contributed by atoms with Gasteiger partial charge in [0.1, 0.15) is 11.6 Å². The third kappa shape index (κ3) is 7.75. The number of benzene rings is 2. The van der Waals surface area contributed by atoms with E-state index in [1.54, 1.807) is 25.1 Å². The van der Waals surface area contributed by atoms with Gasteiger partial charge in [0.05, 0.1) is 6.61 Å². The monoisotopic (exact) mass is 414 g/mol. The molecule has 2 amide bonds. The standard InChI is InChI=1S/C22H23FN2O5/c1-2-29-22(28)30-18-11-8-17(9-12-18)21(27)25-15-5-14-24-20(26)13-10-16-6-3-4-7-19(16)23/h3-4,6-13H,2,5,14-15H2,1H3,(H,24,26)(H,25,27)/b13-10+. The summed E-state index contributed by atoms with van der Waals surface area (Å²) in [6.45, 7) is 2.59. The fourth-order valence-electron chi connectivity index (χ4n) is 2.36. The first-order valence-electron chi connectivity index (χ1n) is 9.43. The Hall–Kier alpha value is -3.68. The van der Waals surface area contributed by atoms with Crippen LogP contribution >= 0.6 is 0 Å². The molecule has 2 rings (SSSR count). The molecule has 0 saturated heterocycles. The highest BCUT2D eigenvalue weighted by atomic mass is 19.1. The Bertz CT molecular complexity index is 897. The number of rotatable bonds is 9. The summed E-state index contributed by atoms with van der Waals surface area (Å²) in [6, 6.07) is 12.2. The Balaban J connectivity index is 1.66. The summed E-state index contributed by atoms with van der Waals surface area (Å²) in [7, 11) is 0. The molecule has 158 valence electrons. The van der Waals surface area contributed by atoms with Crippen LogP contribution in [0.1, 0.15) is 29.3 Å². The highest BCUT2D eigenvalue weighted by Gasteiger charge is 2.08. The van der Waals surface area contributed by atoms with Gasteiger partial charge in [-0.3, -0.25) is 9.59 Å². The molecular formula is C22H23FN2O5. The fourth-order valence-corrected chi connectivity index (χ4v) is 2.36. The van der Waals surface area contributed by atoms with E-state index < -0.39 is 12.0 Å². The van der Waals surface area contributed by atoms with Gasteiger partial charge in [-0.2, -0.15) is 0 Å². The first kappa shape index (κ1) is 22.6. The van der Waals surface area contributed by atoms with Crippen LogP contribution in [0, 0.1) is 5.82 Å². The molecule has 0 atom stereocenters. The van der Waals surface area contributed by atoms with Gasteiger partial charge in [0.15, 0.2) is 0 Å². The van der Waals surface area contributed by atoms with Gasteiger partial charge in [-0.1, -0.05) is 18.2 Å². The number of hydrogen-bond donors (Lipinski definition) is 2. The van der Waals surface area contributed by atoms with Gasteiger partial charge in [-0.25, -0.2) is 9.18 Å². The van der Waals surface area contributed by atoms with Gasteiger partial charge in [0, 0.05) is 30.3 Å². The molecule has 0 heterocycles. The molecule has 0 fully saturated rings. The van der Waals surface area contributed by atoms with Crippen LogP contribution in [0.25, 0.3) is 6.08 Å². The Kier molecular flexibility index (Phi) is 9.05. The SMILES string of the molecule is CCOC(=O)Oc1ccc(C(=O)NCCCNC(=O)/C=C/c2ccccc2F)cc1. The maximum absolute atomic E-state index is 13.5. The third-order valence-electron chi connectivity index (χ3n) is 3.84. The van der Waals surface area contributed by atoms with Crippen molar-refractivity contribution < 1.29 is 28.2 Å². The van der Waals surface area contributed by atoms with Crippen LogP contribution in [0.15, 0.2) is 54.6 Å². The summed E-state index contributed by atoms with van der Waals surface area (Å²) in [6.07, 6.45) is 2.38. The lowest BCUT2D eigenvalue weighted by molar-refractivity contribution is -0.116. The van der Waals surface area contributed by atoms with Gasteiger partial charge in [0.2, 0.25) is 5.91 Å². The van der Waals surface area contributed by atoms with Gasteiger partial charge in [0.25, 0.3) is 5.91 Å². The van der Waals surface area contributed by atoms with E-state index >= 15 is 0 Å². The molecule has 0 radical (unpaired) electrons. The molecular weight excluding hydrogens is 391 g/mol. The summed E-state index contributed by atoms with van der Waals surface area (Å²) in [5.74, 6) is -0.758. The average Bonchev–Trinajstić information content (AvgIpc) is 2.73. The molecule has 2 aromatic carbocycles. The number of hydrogen-bond acceptors (Lipinski definition) is 5. The average molecular weight is 414 g/mol. The van der Waals surface area contributed by atoms with Gasteiger partial charge < -0.3 is 20.1 Å². The lowest BCUT2D eigenvalue weighted by Gasteiger charge is -2.07. The molecule has 0 aliphatic rings. The Morgan fingerprint density at radius 2 is 1.70 bits per heavy atom. The minimum Gasteiger partial charge on any atom is -0.434 e. The Morgan fingerprint density at radius 1 is 1.00 bits per heavy atom. The zero-order valence-electron chi connectivity index (χ0n) is 16.5. The van der Waals surface area contributed by atoms with Gasteiger partial charge in [-0.15, -0.1) is 0 Å². The number of carbonyl (C=O) groups excluding carboxylic acids is 3. The van der Waals surface area contributed by atoms with Crippen LogP contribution in [0.3, 0.4) is 0 Å². The van der Waals surface area contributed by atoms with Crippen molar-refractivity contribution in [2.24, 2.45) is 0 Å². The van der Waals surface area contributed by atoms with E-state index in [4.69, 9.17) is 4.74 Å². The quantitative estimate of drug-likeness (QED) is 0.284. The highest BCUT2D eigenvalue weighted by Crippen LogP contribution is 2.13. The van der Waals surface area contributed by atoms with Crippen molar-refractivity contribution >= 4 is 24.0 Å². The van der Waals surface area contributed by atoms with Crippen molar-refractivity contribution in [3.63, 3.8) is 0 Å². The maximum Gasteiger partial charge on any atom is 0.513 e. The van der Waals surface area contributed by atoms with Gasteiger partial charge in [-0.05, 0) is 49.8 Å². The van der Waals surface area contributed by atoms with E-state index in [1.165, 1.54) is 42.5 Å². The molecule has 0 bridgehead atoms. The van der Waals surface area contributed by atoms with E-state index in [0.29, 0.717) is 30.6 Å². The number of ether oxygens (including phenoxy) is 2. The third-order valence-corrected chi connectivity index (χ3v) is 3.84. The first-order chi connectivity index (χ1) is 14.5. The lowest BCUT2D eigenvalue weighted by Crippen LogP contribution is -2.29. The molecule has 2 aromatic rings. The van der Waals surface area contributed by atoms with Crippen LogP contribution in [0.2, 0.25) is 0 Å². The maximum atomic E-state index is 13.5. The number of halogens is 1. The van der Waals surface area contributed by atoms with E-state index in [9.17, 15) is 18.8 Å². The number of amides is 2. The van der Waals surface area contributed by atoms with E-state index in [-0.39, 0.29) is 24.2 Å². The topological polar surface area (TPSA) is 93.7 Å². The van der Waals surface area contributed by atoms with Crippen LogP contribution in [-0.2, 0) is 9.53 Å². The smallest absolute Gasteiger partial charge is 0.434 e. The molecule has 0 unspecified atom stereocenters. The normalized spacial score (nSPS) is 10.5. The number of carbonyl (C=O) groups is 3. The lowest BCUT2D eigenvalue weighted by atomic mass is 10.2. The molecule has 0 aromatic heterocycles. The van der Waals surface area contributed by atoms with Crippen molar-refractivity contribution in [2.75, 3.05) is 19.7 Å². The second-order valence-corrected chi connectivity index (χ2v) is 6.06. The fraction of sp³-hybridized carbons (Fsp3) is 0.227. The summed E-state index contributed by atoms with van der Waals surface area (Å²) in [5.41, 5.74) is 0.738. The van der Waals surface area contributed by atoms with Gasteiger partial charge >= 0.3 is 6.16 Å². The second-order valence-electron chi connectivity index (χ2n) is 6.06. The Labute approximate surface area is 173 Å². The molecule has 8 heteroatoms. The van der Waals surface area contributed by atoms with E-state index in [2.05, 4.69) is 15.4 Å². The van der Waals surface area contributed by atoms with Crippen LogP contribution < -0.4 is 15.4 Å². The molecule has 0 aliphatic carbocycles. The number of nitrogens with one attached hydrogen (secondary N) is 2. The molecule has 0 spiro atoms. The predicted molar refractivity (Wildman–Crippen MR) is 109 cm³/mol. The van der Waals surface area contributed by atoms with Crippen molar-refractivity contribution in [1.29, 1.82) is 0 Å². The van der Waals surface area contributed by atoms with E-state index in [1.807, 2.05) is 0 Å². The van der Waals surface area contributed by atoms with Crippen molar-refractivity contribution in [2.45, 2.75) is 13.3 Å². The van der Waals surface area contributed by atoms with Crippen molar-refractivity contribution in [3.8, 4) is 5.75 Å². The van der Waals surface area contributed by atoms with Crippen molar-refractivity contribution in [3.05, 3.63) is 71.6 Å². The second kappa shape index (κ2) is 12.0. The summed E-state index contributed by atoms with van der Waals surface area (Å²) in [5, 5.41) is 5.39. The molecule has 7 nitrogen and oxygen atoms in total. The van der Waals surface area contributed by atoms with Crippen LogP contribution in [-0.4, -0.2) is 37.7 Å². The minimum absolute atomic E-state index is 0.210. The summed E-state index contributed by atoms with van der Waals surface area (Å²) < 4.78 is 23.1. The zero-order chi connectivity index (χ0) is 21.8. The molecule has 0 saturated carbocycles. The van der Waals surface area contributed by atoms with Crippen LogP contribution in [0.4, 0.5) is 9.18 Å². The summed E-state index contributed by atoms with van der Waals surface area (Å²) >= 11 is 0. The van der Waals surface area contributed by atoms with Crippen LogP contribution in [0.5, 0.6) is 5.75 Å². The largest absolute Gasteiger partial charge is 0.513 e. The zero-order valence-corrected chi connectivity index (χ0v) is 16.5. The summed E-state index contributed by atoms with van der Waals surface area (Å²) in [4.78, 5) is 35.1. The predicted octanol–water partition coefficient (Wildman–Crippen LogP) is 3.31. The molecule has 2 N–H and O–H groups in total. The molecule has 30 heavy (non-hydrogen) atoms. The Morgan fingerprint density at radius 3 is 2.40 bits per heavy atom.